The maximum atomic E-state index is 11.5. The first-order chi connectivity index (χ1) is 6.83. The Morgan fingerprint density at radius 2 is 2.57 bits per heavy atom. The third-order valence-electron chi connectivity index (χ3n) is 2.42. The molecule has 1 aromatic heterocycles. The first kappa shape index (κ1) is 9.42. The third kappa shape index (κ3) is 1.58. The van der Waals surface area contributed by atoms with Gasteiger partial charge in [0.25, 0.3) is 0 Å². The van der Waals surface area contributed by atoms with E-state index in [0.29, 0.717) is 26.2 Å². The Morgan fingerprint density at radius 1 is 1.71 bits per heavy atom. The van der Waals surface area contributed by atoms with E-state index in [1.807, 2.05) is 0 Å². The maximum absolute atomic E-state index is 11.5. The second-order valence-corrected chi connectivity index (χ2v) is 3.37. The van der Waals surface area contributed by atoms with E-state index in [-0.39, 0.29) is 11.7 Å². The summed E-state index contributed by atoms with van der Waals surface area (Å²) in [6.07, 6.45) is 1.49. The van der Waals surface area contributed by atoms with Crippen molar-refractivity contribution >= 4 is 0 Å². The Morgan fingerprint density at radius 3 is 3.21 bits per heavy atom. The molecule has 0 radical (unpaired) electrons. The van der Waals surface area contributed by atoms with Gasteiger partial charge in [-0.1, -0.05) is 0 Å². The lowest BCUT2D eigenvalue weighted by Crippen LogP contribution is -2.25. The van der Waals surface area contributed by atoms with Crippen LogP contribution in [0.4, 0.5) is 0 Å². The molecule has 78 valence electrons. The predicted octanol–water partition coefficient (Wildman–Crippen LogP) is -0.966. The van der Waals surface area contributed by atoms with Crippen LogP contribution < -0.4 is 11.4 Å². The molecule has 3 N–H and O–H groups in total. The first-order valence-corrected chi connectivity index (χ1v) is 4.76. The van der Waals surface area contributed by atoms with E-state index < -0.39 is 0 Å². The largest absolute Gasteiger partial charge is 0.379 e. The van der Waals surface area contributed by atoms with Gasteiger partial charge in [-0.2, -0.15) is 5.10 Å². The van der Waals surface area contributed by atoms with Crippen molar-refractivity contribution in [3.63, 3.8) is 0 Å². The van der Waals surface area contributed by atoms with E-state index in [4.69, 9.17) is 10.5 Å². The van der Waals surface area contributed by atoms with Crippen LogP contribution in [0.15, 0.2) is 4.79 Å². The zero-order chi connectivity index (χ0) is 9.97. The summed E-state index contributed by atoms with van der Waals surface area (Å²) in [5, 5.41) is 6.39. The zero-order valence-corrected chi connectivity index (χ0v) is 7.90. The van der Waals surface area contributed by atoms with Gasteiger partial charge in [-0.05, 0) is 13.0 Å². The lowest BCUT2D eigenvalue weighted by molar-refractivity contribution is 0.185. The topological polar surface area (TPSA) is 85.9 Å². The van der Waals surface area contributed by atoms with E-state index in [0.717, 1.165) is 12.2 Å². The molecule has 0 spiro atoms. The molecule has 1 aliphatic rings. The lowest BCUT2D eigenvalue weighted by Gasteiger charge is -2.10. The summed E-state index contributed by atoms with van der Waals surface area (Å²) in [6.45, 7) is 1.80. The molecular formula is C8H14N4O2. The molecule has 0 saturated carbocycles. The SMILES string of the molecule is NCCc1n[nH]c(=O)n1C1CCOC1. The van der Waals surface area contributed by atoms with Crippen molar-refractivity contribution in [3.8, 4) is 0 Å². The molecule has 2 heterocycles. The highest BCUT2D eigenvalue weighted by Crippen LogP contribution is 2.17. The number of nitrogens with two attached hydrogens (primary N) is 1. The number of H-pyrrole nitrogens is 1. The van der Waals surface area contributed by atoms with Gasteiger partial charge in [-0.25, -0.2) is 9.89 Å². The normalized spacial score (nSPS) is 21.6. The predicted molar refractivity (Wildman–Crippen MR) is 50.1 cm³/mol. The van der Waals surface area contributed by atoms with Crippen LogP contribution in [0.5, 0.6) is 0 Å². The van der Waals surface area contributed by atoms with Crippen LogP contribution in [0.2, 0.25) is 0 Å². The van der Waals surface area contributed by atoms with Gasteiger partial charge in [-0.3, -0.25) is 4.57 Å². The molecule has 0 amide bonds. The summed E-state index contributed by atoms with van der Waals surface area (Å²) in [5.41, 5.74) is 5.27. The molecule has 1 atom stereocenters. The summed E-state index contributed by atoms with van der Waals surface area (Å²) in [5.74, 6) is 0.730. The van der Waals surface area contributed by atoms with Crippen molar-refractivity contribution in [1.29, 1.82) is 0 Å². The van der Waals surface area contributed by atoms with Gasteiger partial charge in [0.05, 0.1) is 12.6 Å². The zero-order valence-electron chi connectivity index (χ0n) is 7.90. The van der Waals surface area contributed by atoms with E-state index in [2.05, 4.69) is 10.2 Å². The molecule has 1 unspecified atom stereocenters. The summed E-state index contributed by atoms with van der Waals surface area (Å²) in [6, 6.07) is 0.128. The van der Waals surface area contributed by atoms with Crippen LogP contribution in [0, 0.1) is 0 Å². The molecular weight excluding hydrogens is 184 g/mol. The fourth-order valence-electron chi connectivity index (χ4n) is 1.75. The Balaban J connectivity index is 2.28. The van der Waals surface area contributed by atoms with Gasteiger partial charge in [0.2, 0.25) is 0 Å². The van der Waals surface area contributed by atoms with Gasteiger partial charge in [0, 0.05) is 13.0 Å². The Hall–Kier alpha value is -1.14. The number of nitrogens with one attached hydrogen (secondary N) is 1. The highest BCUT2D eigenvalue weighted by molar-refractivity contribution is 4.91. The minimum Gasteiger partial charge on any atom is -0.379 e. The molecule has 1 fully saturated rings. The van der Waals surface area contributed by atoms with Crippen molar-refractivity contribution in [2.24, 2.45) is 5.73 Å². The number of ether oxygens (including phenoxy) is 1. The van der Waals surface area contributed by atoms with Gasteiger partial charge >= 0.3 is 5.69 Å². The highest BCUT2D eigenvalue weighted by Gasteiger charge is 2.22. The molecule has 14 heavy (non-hydrogen) atoms. The second kappa shape index (κ2) is 3.93. The fourth-order valence-corrected chi connectivity index (χ4v) is 1.75. The maximum Gasteiger partial charge on any atom is 0.343 e. The second-order valence-electron chi connectivity index (χ2n) is 3.37. The molecule has 1 saturated heterocycles. The van der Waals surface area contributed by atoms with E-state index >= 15 is 0 Å². The van der Waals surface area contributed by atoms with Crippen molar-refractivity contribution in [2.75, 3.05) is 19.8 Å². The van der Waals surface area contributed by atoms with Crippen molar-refractivity contribution in [2.45, 2.75) is 18.9 Å². The number of aromatic amines is 1. The van der Waals surface area contributed by atoms with Gasteiger partial charge in [-0.15, -0.1) is 0 Å². The van der Waals surface area contributed by atoms with Gasteiger partial charge < -0.3 is 10.5 Å². The molecule has 0 aromatic carbocycles. The lowest BCUT2D eigenvalue weighted by atomic mass is 10.2. The monoisotopic (exact) mass is 198 g/mol. The third-order valence-corrected chi connectivity index (χ3v) is 2.42. The molecule has 6 nitrogen and oxygen atoms in total. The number of hydrogen-bond donors (Lipinski definition) is 2. The van der Waals surface area contributed by atoms with Gasteiger partial charge in [0.1, 0.15) is 5.82 Å². The van der Waals surface area contributed by atoms with Crippen LogP contribution >= 0.6 is 0 Å². The molecule has 6 heteroatoms. The Labute approximate surface area is 81.1 Å². The minimum absolute atomic E-state index is 0.128. The number of rotatable bonds is 3. The number of aromatic nitrogens is 3. The van der Waals surface area contributed by atoms with E-state index in [1.165, 1.54) is 0 Å². The van der Waals surface area contributed by atoms with Crippen molar-refractivity contribution in [1.82, 2.24) is 14.8 Å². The van der Waals surface area contributed by atoms with E-state index in [9.17, 15) is 4.79 Å². The first-order valence-electron chi connectivity index (χ1n) is 4.76. The van der Waals surface area contributed by atoms with Crippen LogP contribution in [0.25, 0.3) is 0 Å². The average Bonchev–Trinajstić information content (AvgIpc) is 2.76. The minimum atomic E-state index is -0.163. The Bertz CT molecular complexity index is 350. The highest BCUT2D eigenvalue weighted by atomic mass is 16.5. The molecule has 1 aliphatic heterocycles. The summed E-state index contributed by atoms with van der Waals surface area (Å²) < 4.78 is 6.90. The average molecular weight is 198 g/mol. The summed E-state index contributed by atoms with van der Waals surface area (Å²) in [7, 11) is 0. The molecule has 0 bridgehead atoms. The van der Waals surface area contributed by atoms with E-state index in [1.54, 1.807) is 4.57 Å². The van der Waals surface area contributed by atoms with Crippen LogP contribution in [-0.4, -0.2) is 34.5 Å². The summed E-state index contributed by atoms with van der Waals surface area (Å²) >= 11 is 0. The standard InChI is InChI=1S/C8H14N4O2/c9-3-1-7-10-11-8(13)12(7)6-2-4-14-5-6/h6H,1-5,9H2,(H,11,13). The van der Waals surface area contributed by atoms with Crippen LogP contribution in [0.3, 0.4) is 0 Å². The molecule has 1 aromatic rings. The van der Waals surface area contributed by atoms with Crippen molar-refractivity contribution < 1.29 is 4.74 Å². The quantitative estimate of drug-likeness (QED) is 0.654. The number of nitrogens with zero attached hydrogens (tertiary/aromatic N) is 2. The van der Waals surface area contributed by atoms with Crippen molar-refractivity contribution in [3.05, 3.63) is 16.3 Å². The Kier molecular flexibility index (Phi) is 2.64. The summed E-state index contributed by atoms with van der Waals surface area (Å²) in [4.78, 5) is 11.5. The smallest absolute Gasteiger partial charge is 0.343 e. The van der Waals surface area contributed by atoms with Crippen LogP contribution in [-0.2, 0) is 11.2 Å². The number of hydrogen-bond acceptors (Lipinski definition) is 4. The molecule has 2 rings (SSSR count). The van der Waals surface area contributed by atoms with Crippen LogP contribution in [0.1, 0.15) is 18.3 Å². The molecule has 0 aliphatic carbocycles. The fraction of sp³-hybridized carbons (Fsp3) is 0.750. The van der Waals surface area contributed by atoms with Gasteiger partial charge in [0.15, 0.2) is 0 Å².